The van der Waals surface area contributed by atoms with Crippen LogP contribution in [0, 0.1) is 13.8 Å². The predicted octanol–water partition coefficient (Wildman–Crippen LogP) is 24.2. The fraction of sp³-hybridized carbons (Fsp3) is 0.0435. The molecule has 0 aliphatic heterocycles. The van der Waals surface area contributed by atoms with Crippen LogP contribution in [-0.4, -0.2) is 0 Å². The molecule has 94 heavy (non-hydrogen) atoms. The number of hydrogen-bond donors (Lipinski definition) is 0. The van der Waals surface area contributed by atoms with Crippen molar-refractivity contribution in [3.63, 3.8) is 0 Å². The molecule has 0 spiro atoms. The molecule has 16 aromatic rings. The van der Waals surface area contributed by atoms with Gasteiger partial charge in [-0.25, -0.2) is 0 Å². The monoisotopic (exact) mass is 1200 g/mol. The van der Waals surface area contributed by atoms with Crippen LogP contribution in [0.15, 0.2) is 352 Å². The summed E-state index contributed by atoms with van der Waals surface area (Å²) in [6.45, 7) is 4.36. The summed E-state index contributed by atoms with van der Waals surface area (Å²) in [6.07, 6.45) is 0. The minimum atomic E-state index is -0.532. The molecule has 0 aromatic heterocycles. The van der Waals surface area contributed by atoms with Crippen molar-refractivity contribution in [2.45, 2.75) is 24.7 Å². The molecule has 0 bridgehead atoms. The maximum atomic E-state index is 2.52. The molecule has 0 fully saturated rings. The van der Waals surface area contributed by atoms with Gasteiger partial charge in [-0.2, -0.15) is 0 Å². The number of anilines is 6. The van der Waals surface area contributed by atoms with Gasteiger partial charge in [-0.1, -0.05) is 279 Å². The Morgan fingerprint density at radius 2 is 0.521 bits per heavy atom. The third kappa shape index (κ3) is 8.43. The second-order valence-electron chi connectivity index (χ2n) is 25.6. The molecule has 0 saturated heterocycles. The first-order valence-electron chi connectivity index (χ1n) is 32.8. The summed E-state index contributed by atoms with van der Waals surface area (Å²) in [5.74, 6) is 0. The molecule has 0 N–H and O–H groups in total. The maximum Gasteiger partial charge on any atom is 0.0713 e. The molecule has 2 aliphatic rings. The van der Waals surface area contributed by atoms with Crippen molar-refractivity contribution in [1.82, 2.24) is 0 Å². The molecule has 0 unspecified atom stereocenters. The Bertz CT molecular complexity index is 5260. The lowest BCUT2D eigenvalue weighted by atomic mass is 9.67. The second kappa shape index (κ2) is 21.9. The zero-order valence-corrected chi connectivity index (χ0v) is 52.4. The first kappa shape index (κ1) is 55.0. The van der Waals surface area contributed by atoms with Crippen LogP contribution in [0.4, 0.5) is 34.1 Å². The molecule has 442 valence electrons. The van der Waals surface area contributed by atoms with Crippen molar-refractivity contribution in [3.8, 4) is 44.5 Å². The van der Waals surface area contributed by atoms with Crippen molar-refractivity contribution < 1.29 is 0 Å². The van der Waals surface area contributed by atoms with Crippen LogP contribution in [0.2, 0.25) is 0 Å². The van der Waals surface area contributed by atoms with E-state index < -0.39 is 10.8 Å². The lowest BCUT2D eigenvalue weighted by Crippen LogP contribution is -2.28. The zero-order valence-electron chi connectivity index (χ0n) is 52.4. The summed E-state index contributed by atoms with van der Waals surface area (Å²) >= 11 is 0. The van der Waals surface area contributed by atoms with E-state index in [0.29, 0.717) is 0 Å². The van der Waals surface area contributed by atoms with E-state index in [0.717, 1.165) is 56.4 Å². The highest BCUT2D eigenvalue weighted by molar-refractivity contribution is 6.28. The molecule has 0 atom stereocenters. The van der Waals surface area contributed by atoms with Crippen LogP contribution >= 0.6 is 0 Å². The number of benzene rings is 16. The number of hydrogen-bond acceptors (Lipinski definition) is 2. The van der Waals surface area contributed by atoms with Crippen molar-refractivity contribution in [2.24, 2.45) is 0 Å². The van der Waals surface area contributed by atoms with E-state index in [1.54, 1.807) is 0 Å². The fourth-order valence-electron chi connectivity index (χ4n) is 16.5. The standard InChI is InChI=1S/C92H64N2/c1-61-23-17-35-73(55-61)93(74-36-18-24-62(2)56-74)87-53-49-63-48-52-82-88(54-50-64-47-51-81(87)89(63)90(64)82)94(75-37-21-27-67(59-75)65-25-19-33-71(57-65)91(69-29-5-3-6-30-69)83-43-13-9-39-77(83)78-40-10-14-44-84(78)91)76-38-22-28-68(60-76)66-26-20-34-72(58-66)92(70-31-7-4-8-32-70)85-45-15-11-41-79(85)80-42-12-16-46-86(80)92/h3-60H,1-2H3. The molecule has 0 saturated carbocycles. The van der Waals surface area contributed by atoms with E-state index in [1.165, 1.54) is 110 Å². The Morgan fingerprint density at radius 1 is 0.223 bits per heavy atom. The maximum absolute atomic E-state index is 2.52. The van der Waals surface area contributed by atoms with Gasteiger partial charge in [0.1, 0.15) is 0 Å². The Hall–Kier alpha value is -11.8. The van der Waals surface area contributed by atoms with E-state index in [2.05, 4.69) is 375 Å². The van der Waals surface area contributed by atoms with Crippen molar-refractivity contribution in [2.75, 3.05) is 9.80 Å². The topological polar surface area (TPSA) is 6.48 Å². The van der Waals surface area contributed by atoms with Crippen LogP contribution in [0.25, 0.3) is 76.8 Å². The van der Waals surface area contributed by atoms with Crippen molar-refractivity contribution >= 4 is 66.4 Å². The first-order chi connectivity index (χ1) is 46.4. The van der Waals surface area contributed by atoms with Gasteiger partial charge in [0.25, 0.3) is 0 Å². The van der Waals surface area contributed by atoms with Crippen LogP contribution in [-0.2, 0) is 10.8 Å². The van der Waals surface area contributed by atoms with Gasteiger partial charge < -0.3 is 9.80 Å². The Morgan fingerprint density at radius 3 is 0.894 bits per heavy atom. The third-order valence-electron chi connectivity index (χ3n) is 20.4. The molecule has 2 heteroatoms. The van der Waals surface area contributed by atoms with Crippen LogP contribution < -0.4 is 9.80 Å². The van der Waals surface area contributed by atoms with Gasteiger partial charge in [-0.05, 0) is 208 Å². The van der Waals surface area contributed by atoms with Gasteiger partial charge >= 0.3 is 0 Å². The number of fused-ring (bicyclic) bond motifs is 6. The van der Waals surface area contributed by atoms with Gasteiger partial charge in [0, 0.05) is 33.5 Å². The average molecular weight is 1200 g/mol. The van der Waals surface area contributed by atoms with E-state index in [-0.39, 0.29) is 0 Å². The summed E-state index contributed by atoms with van der Waals surface area (Å²) in [7, 11) is 0. The number of rotatable bonds is 12. The number of aryl methyl sites for hydroxylation is 2. The van der Waals surface area contributed by atoms with Gasteiger partial charge in [-0.15, -0.1) is 0 Å². The Balaban J connectivity index is 0.838. The SMILES string of the molecule is Cc1cccc(N(c2cccc(C)c2)c2ccc3ccc4c(N(c5cccc(-c6cccc(C7(c8ccccc8)c8ccccc8-c8ccccc87)c6)c5)c5cccc(-c6cccc(C7(c8ccccc8)c8ccccc8-c8ccccc87)c6)c5)ccc5ccc2c3c54)c1. The summed E-state index contributed by atoms with van der Waals surface area (Å²) in [4.78, 5) is 4.96. The molecule has 2 nitrogen and oxygen atoms in total. The minimum Gasteiger partial charge on any atom is -0.310 e. The van der Waals surface area contributed by atoms with Crippen molar-refractivity contribution in [3.05, 3.63) is 407 Å². The quantitative estimate of drug-likeness (QED) is 0.113. The molecule has 0 amide bonds. The predicted molar refractivity (Wildman–Crippen MR) is 394 cm³/mol. The van der Waals surface area contributed by atoms with E-state index in [4.69, 9.17) is 0 Å². The zero-order chi connectivity index (χ0) is 62.5. The Kier molecular flexibility index (Phi) is 12.8. The highest BCUT2D eigenvalue weighted by atomic mass is 15.2. The van der Waals surface area contributed by atoms with E-state index in [1.807, 2.05) is 0 Å². The molecular weight excluding hydrogens is 1130 g/mol. The summed E-state index contributed by atoms with van der Waals surface area (Å²) in [6, 6.07) is 132. The van der Waals surface area contributed by atoms with Crippen LogP contribution in [0.3, 0.4) is 0 Å². The molecule has 18 rings (SSSR count). The third-order valence-corrected chi connectivity index (χ3v) is 20.4. The van der Waals surface area contributed by atoms with E-state index >= 15 is 0 Å². The smallest absolute Gasteiger partial charge is 0.0713 e. The Labute approximate surface area is 549 Å². The largest absolute Gasteiger partial charge is 0.310 e. The highest BCUT2D eigenvalue weighted by Gasteiger charge is 2.47. The van der Waals surface area contributed by atoms with Gasteiger partial charge in [-0.3, -0.25) is 0 Å². The summed E-state index contributed by atoms with van der Waals surface area (Å²) in [5.41, 5.74) is 27.9. The minimum absolute atomic E-state index is 0.532. The van der Waals surface area contributed by atoms with Crippen LogP contribution in [0.5, 0.6) is 0 Å². The van der Waals surface area contributed by atoms with Gasteiger partial charge in [0.05, 0.1) is 22.2 Å². The highest BCUT2D eigenvalue weighted by Crippen LogP contribution is 2.59. The molecule has 2 aliphatic carbocycles. The molecular formula is C92H64N2. The lowest BCUT2D eigenvalue weighted by molar-refractivity contribution is 0.769. The summed E-state index contributed by atoms with van der Waals surface area (Å²) < 4.78 is 0. The second-order valence-corrected chi connectivity index (χ2v) is 25.6. The number of nitrogens with zero attached hydrogens (tertiary/aromatic N) is 2. The fourth-order valence-corrected chi connectivity index (χ4v) is 16.5. The molecule has 16 aromatic carbocycles. The molecule has 0 radical (unpaired) electrons. The first-order valence-corrected chi connectivity index (χ1v) is 32.8. The summed E-state index contributed by atoms with van der Waals surface area (Å²) in [5, 5.41) is 7.28. The molecule has 0 heterocycles. The normalized spacial score (nSPS) is 13.2. The average Bonchev–Trinajstić information content (AvgIpc) is 1.45. The van der Waals surface area contributed by atoms with Gasteiger partial charge in [0.15, 0.2) is 0 Å². The van der Waals surface area contributed by atoms with Crippen molar-refractivity contribution in [1.29, 1.82) is 0 Å². The van der Waals surface area contributed by atoms with E-state index in [9.17, 15) is 0 Å². The van der Waals surface area contributed by atoms with Gasteiger partial charge in [0.2, 0.25) is 0 Å². The lowest BCUT2D eigenvalue weighted by Gasteiger charge is -2.34. The van der Waals surface area contributed by atoms with Crippen LogP contribution in [0.1, 0.15) is 55.6 Å².